The van der Waals surface area contributed by atoms with Crippen LogP contribution in [0, 0.1) is 0 Å². The molecule has 0 spiro atoms. The van der Waals surface area contributed by atoms with Crippen LogP contribution < -0.4 is 0 Å². The Morgan fingerprint density at radius 3 is 2.06 bits per heavy atom. The largest absolute Gasteiger partial charge is 0.340 e. The number of amides is 1. The van der Waals surface area contributed by atoms with Crippen molar-refractivity contribution in [3.05, 3.63) is 35.4 Å². The van der Waals surface area contributed by atoms with Crippen molar-refractivity contribution < 1.29 is 4.79 Å². The molecule has 0 aliphatic heterocycles. The summed E-state index contributed by atoms with van der Waals surface area (Å²) in [4.78, 5) is 15.4. The second-order valence-electron chi connectivity index (χ2n) is 4.66. The Morgan fingerprint density at radius 2 is 1.59 bits per heavy atom. The molecule has 3 heteroatoms. The maximum absolute atomic E-state index is 11.8. The van der Waals surface area contributed by atoms with E-state index in [1.54, 1.807) is 4.90 Å². The van der Waals surface area contributed by atoms with Crippen LogP contribution >= 0.6 is 0 Å². The molecule has 0 aliphatic carbocycles. The van der Waals surface area contributed by atoms with E-state index in [9.17, 15) is 4.79 Å². The number of likely N-dealkylation sites (N-methyl/N-ethyl adjacent to an activating group) is 2. The molecular formula is C14H22N2O. The molecule has 1 aromatic carbocycles. The Bertz CT molecular complexity index is 357. The Morgan fingerprint density at radius 1 is 1.06 bits per heavy atom. The van der Waals surface area contributed by atoms with Gasteiger partial charge < -0.3 is 9.80 Å². The summed E-state index contributed by atoms with van der Waals surface area (Å²) in [6.45, 7) is 3.28. The predicted molar refractivity (Wildman–Crippen MR) is 70.8 cm³/mol. The molecule has 0 fully saturated rings. The van der Waals surface area contributed by atoms with Crippen molar-refractivity contribution in [2.45, 2.75) is 19.9 Å². The van der Waals surface area contributed by atoms with E-state index in [1.165, 1.54) is 11.1 Å². The lowest BCUT2D eigenvalue weighted by Crippen LogP contribution is -2.34. The zero-order valence-corrected chi connectivity index (χ0v) is 11.2. The highest BCUT2D eigenvalue weighted by Crippen LogP contribution is 2.07. The molecule has 1 amide bonds. The molecule has 0 heterocycles. The Hall–Kier alpha value is -1.35. The van der Waals surface area contributed by atoms with E-state index in [2.05, 4.69) is 31.2 Å². The van der Waals surface area contributed by atoms with E-state index in [-0.39, 0.29) is 5.91 Å². The van der Waals surface area contributed by atoms with Crippen LogP contribution in [0.5, 0.6) is 0 Å². The minimum atomic E-state index is 0.148. The molecule has 0 unspecified atom stereocenters. The van der Waals surface area contributed by atoms with Gasteiger partial charge in [0, 0.05) is 13.6 Å². The lowest BCUT2D eigenvalue weighted by atomic mass is 10.1. The van der Waals surface area contributed by atoms with E-state index < -0.39 is 0 Å². The van der Waals surface area contributed by atoms with Crippen LogP contribution in [-0.2, 0) is 17.8 Å². The highest BCUT2D eigenvalue weighted by Gasteiger charge is 2.09. The number of rotatable bonds is 5. The molecule has 0 saturated carbocycles. The van der Waals surface area contributed by atoms with Gasteiger partial charge in [-0.3, -0.25) is 4.79 Å². The Balaban J connectivity index is 2.55. The summed E-state index contributed by atoms with van der Waals surface area (Å²) >= 11 is 0. The second-order valence-corrected chi connectivity index (χ2v) is 4.66. The third-order valence-electron chi connectivity index (χ3n) is 2.73. The summed E-state index contributed by atoms with van der Waals surface area (Å²) in [5.74, 6) is 0.148. The molecule has 0 aliphatic rings. The molecule has 0 aromatic heterocycles. The SMILES string of the molecule is CCc1ccc(CN(C)C(=O)CN(C)C)cc1. The van der Waals surface area contributed by atoms with Crippen molar-refractivity contribution in [2.24, 2.45) is 0 Å². The van der Waals surface area contributed by atoms with Gasteiger partial charge in [-0.1, -0.05) is 31.2 Å². The van der Waals surface area contributed by atoms with E-state index in [1.807, 2.05) is 26.0 Å². The summed E-state index contributed by atoms with van der Waals surface area (Å²) in [6.07, 6.45) is 1.05. The van der Waals surface area contributed by atoms with Crippen molar-refractivity contribution in [1.82, 2.24) is 9.80 Å². The summed E-state index contributed by atoms with van der Waals surface area (Å²) in [5.41, 5.74) is 2.51. The van der Waals surface area contributed by atoms with Gasteiger partial charge in [-0.15, -0.1) is 0 Å². The fourth-order valence-electron chi connectivity index (χ4n) is 1.63. The first-order valence-corrected chi connectivity index (χ1v) is 5.99. The lowest BCUT2D eigenvalue weighted by molar-refractivity contribution is -0.131. The molecule has 1 aromatic rings. The molecule has 0 radical (unpaired) electrons. The Labute approximate surface area is 104 Å². The van der Waals surface area contributed by atoms with E-state index in [0.717, 1.165) is 6.42 Å². The highest BCUT2D eigenvalue weighted by molar-refractivity contribution is 5.77. The van der Waals surface area contributed by atoms with Crippen LogP contribution in [0.4, 0.5) is 0 Å². The number of carbonyl (C=O) groups is 1. The summed E-state index contributed by atoms with van der Waals surface area (Å²) in [5, 5.41) is 0. The predicted octanol–water partition coefficient (Wildman–Crippen LogP) is 1.77. The summed E-state index contributed by atoms with van der Waals surface area (Å²) < 4.78 is 0. The molecule has 1 rings (SSSR count). The first kappa shape index (κ1) is 13.7. The third kappa shape index (κ3) is 4.57. The smallest absolute Gasteiger partial charge is 0.236 e. The van der Waals surface area contributed by atoms with Crippen molar-refractivity contribution in [2.75, 3.05) is 27.7 Å². The normalized spacial score (nSPS) is 10.6. The van der Waals surface area contributed by atoms with Crippen molar-refractivity contribution in [3.63, 3.8) is 0 Å². The number of hydrogen-bond donors (Lipinski definition) is 0. The van der Waals surface area contributed by atoms with Gasteiger partial charge in [0.25, 0.3) is 0 Å². The molecule has 0 bridgehead atoms. The molecule has 0 atom stereocenters. The fraction of sp³-hybridized carbons (Fsp3) is 0.500. The monoisotopic (exact) mass is 234 g/mol. The summed E-state index contributed by atoms with van der Waals surface area (Å²) in [7, 11) is 5.66. The summed E-state index contributed by atoms with van der Waals surface area (Å²) in [6, 6.07) is 8.44. The number of hydrogen-bond acceptors (Lipinski definition) is 2. The third-order valence-corrected chi connectivity index (χ3v) is 2.73. The molecule has 94 valence electrons. The van der Waals surface area contributed by atoms with Gasteiger partial charge in [0.05, 0.1) is 6.54 Å². The van der Waals surface area contributed by atoms with Crippen LogP contribution in [0.3, 0.4) is 0 Å². The number of nitrogens with zero attached hydrogens (tertiary/aromatic N) is 2. The van der Waals surface area contributed by atoms with Crippen LogP contribution in [-0.4, -0.2) is 43.4 Å². The lowest BCUT2D eigenvalue weighted by Gasteiger charge is -2.19. The van der Waals surface area contributed by atoms with Gasteiger partial charge in [0.15, 0.2) is 0 Å². The second kappa shape index (κ2) is 6.40. The zero-order valence-electron chi connectivity index (χ0n) is 11.2. The zero-order chi connectivity index (χ0) is 12.8. The average Bonchev–Trinajstić information content (AvgIpc) is 2.29. The topological polar surface area (TPSA) is 23.6 Å². The number of aryl methyl sites for hydroxylation is 1. The molecule has 0 saturated heterocycles. The van der Waals surface area contributed by atoms with Crippen molar-refractivity contribution in [3.8, 4) is 0 Å². The minimum Gasteiger partial charge on any atom is -0.340 e. The molecule has 17 heavy (non-hydrogen) atoms. The maximum Gasteiger partial charge on any atom is 0.236 e. The van der Waals surface area contributed by atoms with E-state index >= 15 is 0 Å². The van der Waals surface area contributed by atoms with Gasteiger partial charge in [0.2, 0.25) is 5.91 Å². The van der Waals surface area contributed by atoms with Crippen LogP contribution in [0.2, 0.25) is 0 Å². The number of carbonyl (C=O) groups excluding carboxylic acids is 1. The fourth-order valence-corrected chi connectivity index (χ4v) is 1.63. The molecule has 3 nitrogen and oxygen atoms in total. The van der Waals surface area contributed by atoms with Crippen LogP contribution in [0.25, 0.3) is 0 Å². The number of benzene rings is 1. The first-order valence-electron chi connectivity index (χ1n) is 5.99. The van der Waals surface area contributed by atoms with Crippen LogP contribution in [0.15, 0.2) is 24.3 Å². The average molecular weight is 234 g/mol. The van der Waals surface area contributed by atoms with Crippen molar-refractivity contribution in [1.29, 1.82) is 0 Å². The van der Waals surface area contributed by atoms with E-state index in [4.69, 9.17) is 0 Å². The first-order chi connectivity index (χ1) is 8.02. The minimum absolute atomic E-state index is 0.148. The van der Waals surface area contributed by atoms with Gasteiger partial charge in [-0.05, 0) is 31.6 Å². The van der Waals surface area contributed by atoms with Gasteiger partial charge in [-0.2, -0.15) is 0 Å². The maximum atomic E-state index is 11.8. The quantitative estimate of drug-likeness (QED) is 0.775. The van der Waals surface area contributed by atoms with Gasteiger partial charge in [0.1, 0.15) is 0 Å². The van der Waals surface area contributed by atoms with Gasteiger partial charge >= 0.3 is 0 Å². The standard InChI is InChI=1S/C14H22N2O/c1-5-12-6-8-13(9-7-12)10-16(4)14(17)11-15(2)3/h6-9H,5,10-11H2,1-4H3. The van der Waals surface area contributed by atoms with Gasteiger partial charge in [-0.25, -0.2) is 0 Å². The molecule has 0 N–H and O–H groups in total. The van der Waals surface area contributed by atoms with Crippen molar-refractivity contribution >= 4 is 5.91 Å². The van der Waals surface area contributed by atoms with Crippen LogP contribution in [0.1, 0.15) is 18.1 Å². The molecular weight excluding hydrogens is 212 g/mol. The van der Waals surface area contributed by atoms with E-state index in [0.29, 0.717) is 13.1 Å². The highest BCUT2D eigenvalue weighted by atomic mass is 16.2. The Kier molecular flexibility index (Phi) is 5.16.